The number of nitrogens with zero attached hydrogens (tertiary/aromatic N) is 6. The average Bonchev–Trinajstić information content (AvgIpc) is 3.29. The minimum absolute atomic E-state index is 0.124. The fourth-order valence-corrected chi connectivity index (χ4v) is 5.54. The number of rotatable bonds is 4. The van der Waals surface area contributed by atoms with Gasteiger partial charge in [0.15, 0.2) is 5.65 Å². The van der Waals surface area contributed by atoms with Crippen molar-refractivity contribution in [1.82, 2.24) is 29.6 Å². The molecule has 1 saturated carbocycles. The standard InChI is InChI=1S/C27H31N7O/c1-32-10-6-22(7-11-32)34-17-20(14-30-34)23-15-28-26-25(23)31-24(16-29-26)19-2-4-21(5-3-19)33-12-13-35-27(18-33)8-9-27/h2-5,14-17,22H,6-13,18H2,1H3,(H,28,29). The van der Waals surface area contributed by atoms with E-state index in [4.69, 9.17) is 14.8 Å². The first kappa shape index (κ1) is 21.1. The zero-order valence-electron chi connectivity index (χ0n) is 20.2. The molecule has 0 bridgehead atoms. The predicted molar refractivity (Wildman–Crippen MR) is 136 cm³/mol. The lowest BCUT2D eigenvalue weighted by molar-refractivity contribution is 0.0206. The minimum atomic E-state index is 0.124. The highest BCUT2D eigenvalue weighted by atomic mass is 16.5. The van der Waals surface area contributed by atoms with Crippen LogP contribution in [0.15, 0.2) is 49.1 Å². The van der Waals surface area contributed by atoms with E-state index in [1.165, 1.54) is 18.5 Å². The van der Waals surface area contributed by atoms with Gasteiger partial charge in [0.05, 0.1) is 36.3 Å². The molecule has 1 spiro atoms. The third-order valence-electron chi connectivity index (χ3n) is 7.94. The molecule has 4 aromatic rings. The summed E-state index contributed by atoms with van der Waals surface area (Å²) in [5.41, 5.74) is 7.15. The Kier molecular flexibility index (Phi) is 4.92. The highest BCUT2D eigenvalue weighted by Crippen LogP contribution is 2.43. The van der Waals surface area contributed by atoms with Crippen LogP contribution < -0.4 is 4.90 Å². The molecule has 3 aromatic heterocycles. The lowest BCUT2D eigenvalue weighted by atomic mass is 10.1. The maximum absolute atomic E-state index is 5.97. The van der Waals surface area contributed by atoms with Crippen molar-refractivity contribution in [2.24, 2.45) is 0 Å². The summed E-state index contributed by atoms with van der Waals surface area (Å²) in [4.78, 5) is 17.8. The number of anilines is 1. The minimum Gasteiger partial charge on any atom is -0.371 e. The number of morpholine rings is 1. The number of likely N-dealkylation sites (tertiary alicyclic amines) is 1. The second-order valence-electron chi connectivity index (χ2n) is 10.4. The molecule has 1 aliphatic carbocycles. The fourth-order valence-electron chi connectivity index (χ4n) is 5.54. The van der Waals surface area contributed by atoms with Gasteiger partial charge in [0.1, 0.15) is 5.52 Å². The van der Waals surface area contributed by atoms with Crippen LogP contribution in [0, 0.1) is 0 Å². The van der Waals surface area contributed by atoms with Crippen LogP contribution in [0.1, 0.15) is 31.7 Å². The molecular formula is C27H31N7O. The van der Waals surface area contributed by atoms with Gasteiger partial charge < -0.3 is 19.5 Å². The van der Waals surface area contributed by atoms with Gasteiger partial charge in [-0.25, -0.2) is 9.97 Å². The van der Waals surface area contributed by atoms with Gasteiger partial charge in [-0.3, -0.25) is 4.68 Å². The summed E-state index contributed by atoms with van der Waals surface area (Å²) < 4.78 is 8.10. The van der Waals surface area contributed by atoms with Crippen molar-refractivity contribution in [1.29, 1.82) is 0 Å². The third kappa shape index (κ3) is 3.90. The zero-order chi connectivity index (χ0) is 23.4. The van der Waals surface area contributed by atoms with Crippen molar-refractivity contribution < 1.29 is 4.74 Å². The lowest BCUT2D eigenvalue weighted by Gasteiger charge is -2.35. The summed E-state index contributed by atoms with van der Waals surface area (Å²) >= 11 is 0. The first-order valence-electron chi connectivity index (χ1n) is 12.7. The smallest absolute Gasteiger partial charge is 0.156 e. The molecular weight excluding hydrogens is 438 g/mol. The number of nitrogens with one attached hydrogen (secondary N) is 1. The number of ether oxygens (including phenoxy) is 1. The number of piperidine rings is 1. The molecule has 1 N–H and O–H groups in total. The van der Waals surface area contributed by atoms with E-state index in [0.29, 0.717) is 6.04 Å². The molecule has 5 heterocycles. The van der Waals surface area contributed by atoms with Crippen molar-refractivity contribution in [3.8, 4) is 22.4 Å². The highest BCUT2D eigenvalue weighted by molar-refractivity contribution is 5.91. The molecule has 3 fully saturated rings. The van der Waals surface area contributed by atoms with Gasteiger partial charge in [0, 0.05) is 47.9 Å². The molecule has 0 amide bonds. The normalized spacial score (nSPS) is 20.7. The van der Waals surface area contributed by atoms with Gasteiger partial charge in [-0.1, -0.05) is 12.1 Å². The Morgan fingerprint density at radius 2 is 1.86 bits per heavy atom. The van der Waals surface area contributed by atoms with Crippen LogP contribution in [0.5, 0.6) is 0 Å². The fraction of sp³-hybridized carbons (Fsp3) is 0.444. The van der Waals surface area contributed by atoms with E-state index in [9.17, 15) is 0 Å². The van der Waals surface area contributed by atoms with Gasteiger partial charge in [-0.15, -0.1) is 0 Å². The molecule has 8 heteroatoms. The number of benzene rings is 1. The number of fused-ring (bicyclic) bond motifs is 1. The van der Waals surface area contributed by atoms with Gasteiger partial charge >= 0.3 is 0 Å². The van der Waals surface area contributed by atoms with E-state index in [1.54, 1.807) is 0 Å². The van der Waals surface area contributed by atoms with Gasteiger partial charge in [0.2, 0.25) is 0 Å². The summed E-state index contributed by atoms with van der Waals surface area (Å²) in [5.74, 6) is 0. The Hall–Kier alpha value is -3.23. The molecule has 7 rings (SSSR count). The summed E-state index contributed by atoms with van der Waals surface area (Å²) in [5, 5.41) is 4.70. The summed E-state index contributed by atoms with van der Waals surface area (Å²) in [7, 11) is 2.19. The second kappa shape index (κ2) is 8.17. The van der Waals surface area contributed by atoms with Crippen LogP contribution in [0.2, 0.25) is 0 Å². The number of aromatic amines is 1. The predicted octanol–water partition coefficient (Wildman–Crippen LogP) is 4.12. The van der Waals surface area contributed by atoms with E-state index < -0.39 is 0 Å². The van der Waals surface area contributed by atoms with Crippen LogP contribution in [0.4, 0.5) is 5.69 Å². The van der Waals surface area contributed by atoms with Crippen LogP contribution in [-0.4, -0.2) is 75.1 Å². The summed E-state index contributed by atoms with van der Waals surface area (Å²) in [6, 6.07) is 9.18. The zero-order valence-corrected chi connectivity index (χ0v) is 20.2. The van der Waals surface area contributed by atoms with Crippen molar-refractivity contribution in [3.05, 3.63) is 49.1 Å². The van der Waals surface area contributed by atoms with Gasteiger partial charge in [-0.05, 0) is 58.0 Å². The summed E-state index contributed by atoms with van der Waals surface area (Å²) in [6.07, 6.45) is 12.6. The molecule has 0 radical (unpaired) electrons. The SMILES string of the molecule is CN1CCC(n2cc(-c3c[nH]c4ncc(-c5ccc(N6CCOC7(CC7)C6)cc5)nc34)cn2)CC1. The maximum Gasteiger partial charge on any atom is 0.156 e. The molecule has 35 heavy (non-hydrogen) atoms. The molecule has 0 atom stereocenters. The van der Waals surface area contributed by atoms with Crippen molar-refractivity contribution in [2.75, 3.05) is 44.7 Å². The monoisotopic (exact) mass is 469 g/mol. The largest absolute Gasteiger partial charge is 0.371 e. The Bertz CT molecular complexity index is 1350. The first-order chi connectivity index (χ1) is 17.2. The number of hydrogen-bond donors (Lipinski definition) is 1. The Morgan fingerprint density at radius 3 is 2.66 bits per heavy atom. The molecule has 1 aromatic carbocycles. The van der Waals surface area contributed by atoms with Crippen molar-refractivity contribution in [3.63, 3.8) is 0 Å². The van der Waals surface area contributed by atoms with E-state index in [-0.39, 0.29) is 5.60 Å². The van der Waals surface area contributed by atoms with Gasteiger partial charge in [-0.2, -0.15) is 5.10 Å². The molecule has 2 aliphatic heterocycles. The van der Waals surface area contributed by atoms with Crippen LogP contribution in [0.25, 0.3) is 33.5 Å². The van der Waals surface area contributed by atoms with Crippen molar-refractivity contribution >= 4 is 16.9 Å². The quantitative estimate of drug-likeness (QED) is 0.485. The van der Waals surface area contributed by atoms with Crippen LogP contribution in [0.3, 0.4) is 0 Å². The number of hydrogen-bond acceptors (Lipinski definition) is 6. The topological polar surface area (TPSA) is 75.1 Å². The van der Waals surface area contributed by atoms with E-state index in [1.807, 2.05) is 18.6 Å². The van der Waals surface area contributed by atoms with Crippen LogP contribution in [-0.2, 0) is 4.74 Å². The third-order valence-corrected chi connectivity index (χ3v) is 7.94. The lowest BCUT2D eigenvalue weighted by Crippen LogP contribution is -2.43. The average molecular weight is 470 g/mol. The number of aromatic nitrogens is 5. The maximum atomic E-state index is 5.97. The van der Waals surface area contributed by atoms with E-state index in [0.717, 1.165) is 79.2 Å². The van der Waals surface area contributed by atoms with Crippen LogP contribution >= 0.6 is 0 Å². The molecule has 8 nitrogen and oxygen atoms in total. The number of H-pyrrole nitrogens is 1. The second-order valence-corrected chi connectivity index (χ2v) is 10.4. The summed E-state index contributed by atoms with van der Waals surface area (Å²) in [6.45, 7) is 5.00. The highest BCUT2D eigenvalue weighted by Gasteiger charge is 2.47. The molecule has 180 valence electrons. The Balaban J connectivity index is 1.14. The Morgan fingerprint density at radius 1 is 1.03 bits per heavy atom. The van der Waals surface area contributed by atoms with Crippen molar-refractivity contribution in [2.45, 2.75) is 37.3 Å². The Labute approximate surface area is 204 Å². The molecule has 3 aliphatic rings. The first-order valence-corrected chi connectivity index (χ1v) is 12.7. The molecule has 2 saturated heterocycles. The van der Waals surface area contributed by atoms with E-state index >= 15 is 0 Å². The van der Waals surface area contributed by atoms with Gasteiger partial charge in [0.25, 0.3) is 0 Å². The van der Waals surface area contributed by atoms with E-state index in [2.05, 4.69) is 62.0 Å². The molecule has 0 unspecified atom stereocenters.